The zero-order chi connectivity index (χ0) is 33.4. The summed E-state index contributed by atoms with van der Waals surface area (Å²) < 4.78 is 41.2. The second-order valence-corrected chi connectivity index (χ2v) is 13.5. The summed E-state index contributed by atoms with van der Waals surface area (Å²) in [6.07, 6.45) is 10.9. The van der Waals surface area contributed by atoms with Gasteiger partial charge in [0, 0.05) is 66.1 Å². The number of aromatic nitrogens is 5. The number of fused-ring (bicyclic) bond motifs is 10. The smallest absolute Gasteiger partial charge is 0.303 e. The average molecular weight is 650 g/mol. The van der Waals surface area contributed by atoms with Gasteiger partial charge in [0.15, 0.2) is 11.6 Å². The number of hydrogen-bond donors (Lipinski definition) is 2. The molecule has 246 valence electrons. The molecule has 10 heteroatoms. The maximum atomic E-state index is 15.7. The van der Waals surface area contributed by atoms with Crippen LogP contribution in [0.3, 0.4) is 0 Å². The summed E-state index contributed by atoms with van der Waals surface area (Å²) in [4.78, 5) is 14.4. The van der Waals surface area contributed by atoms with E-state index in [0.29, 0.717) is 36.2 Å². The van der Waals surface area contributed by atoms with E-state index in [0.717, 1.165) is 41.3 Å². The highest BCUT2D eigenvalue weighted by molar-refractivity contribution is 5.86. The van der Waals surface area contributed by atoms with Crippen molar-refractivity contribution >= 4 is 16.9 Å². The first-order valence-corrected chi connectivity index (χ1v) is 16.3. The maximum Gasteiger partial charge on any atom is 0.303 e. The van der Waals surface area contributed by atoms with Gasteiger partial charge in [-0.25, -0.2) is 8.78 Å². The Balaban J connectivity index is 1.32. The number of benzene rings is 3. The second kappa shape index (κ2) is 12.7. The van der Waals surface area contributed by atoms with Crippen LogP contribution in [0.25, 0.3) is 22.2 Å². The van der Waals surface area contributed by atoms with Crippen LogP contribution in [-0.4, -0.2) is 35.6 Å². The number of rotatable bonds is 4. The third-order valence-corrected chi connectivity index (χ3v) is 9.18. The Kier molecular flexibility index (Phi) is 8.33. The standard InChI is InChI=1S/C38H37F2N5O3/c1-38(2)14-4-7-35(26-6-3-5-24(17-26)8-11-36(46)47)45-16-13-33(43-45)30-19-27(9-10-31(30)39)48-37-29(18-25-21-42-44(22-25)23-38)28-12-15-41-34(28)20-32(37)40/h3,5-6,9-10,12-13,15-17,19-22,35,41H,4,7-8,11,14,18,23H2,1-2H3,(H,46,47). The van der Waals surface area contributed by atoms with Crippen LogP contribution in [0.5, 0.6) is 11.5 Å². The first-order chi connectivity index (χ1) is 23.1. The fourth-order valence-corrected chi connectivity index (χ4v) is 6.79. The number of carbonyl (C=O) groups is 1. The van der Waals surface area contributed by atoms with Gasteiger partial charge in [-0.3, -0.25) is 14.2 Å². The summed E-state index contributed by atoms with van der Waals surface area (Å²) in [5.41, 5.74) is 4.79. The highest BCUT2D eigenvalue weighted by Crippen LogP contribution is 2.38. The van der Waals surface area contributed by atoms with Gasteiger partial charge in [-0.15, -0.1) is 0 Å². The Morgan fingerprint density at radius 3 is 2.83 bits per heavy atom. The van der Waals surface area contributed by atoms with Crippen LogP contribution in [-0.2, 0) is 24.2 Å². The molecular formula is C38H37F2N5O3. The van der Waals surface area contributed by atoms with Gasteiger partial charge >= 0.3 is 5.97 Å². The molecule has 0 saturated carbocycles. The summed E-state index contributed by atoms with van der Waals surface area (Å²) in [7, 11) is 0. The SMILES string of the molecule is CC1(C)CCCC(c2cccc(CCC(=O)O)c2)n2ccc(n2)-c2cc(ccc2F)Oc2c(F)cc3[nH]ccc3c2Cc2cnn(c2)C1. The number of halogens is 2. The van der Waals surface area contributed by atoms with Crippen LogP contribution in [0.2, 0.25) is 0 Å². The predicted molar refractivity (Wildman–Crippen MR) is 179 cm³/mol. The predicted octanol–water partition coefficient (Wildman–Crippen LogP) is 8.71. The summed E-state index contributed by atoms with van der Waals surface area (Å²) in [5.74, 6) is -1.47. The van der Waals surface area contributed by atoms with E-state index < -0.39 is 17.6 Å². The van der Waals surface area contributed by atoms with Gasteiger partial charge in [0.25, 0.3) is 0 Å². The van der Waals surface area contributed by atoms with E-state index in [9.17, 15) is 9.90 Å². The topological polar surface area (TPSA) is 98.0 Å². The van der Waals surface area contributed by atoms with Crippen LogP contribution in [0.1, 0.15) is 67.8 Å². The Morgan fingerprint density at radius 1 is 1.10 bits per heavy atom. The van der Waals surface area contributed by atoms with Crippen LogP contribution < -0.4 is 4.74 Å². The van der Waals surface area contributed by atoms with Gasteiger partial charge in [-0.2, -0.15) is 10.2 Å². The van der Waals surface area contributed by atoms with Gasteiger partial charge in [0.1, 0.15) is 11.6 Å². The maximum absolute atomic E-state index is 15.7. The van der Waals surface area contributed by atoms with Gasteiger partial charge < -0.3 is 14.8 Å². The summed E-state index contributed by atoms with van der Waals surface area (Å²) in [6.45, 7) is 5.15. The minimum atomic E-state index is -0.840. The normalized spacial score (nSPS) is 16.4. The van der Waals surface area contributed by atoms with Crippen LogP contribution in [0, 0.1) is 17.0 Å². The Bertz CT molecular complexity index is 2110. The molecule has 8 nitrogen and oxygen atoms in total. The van der Waals surface area contributed by atoms with Gasteiger partial charge in [0.2, 0.25) is 0 Å². The van der Waals surface area contributed by atoms with Crippen molar-refractivity contribution in [3.8, 4) is 22.8 Å². The minimum absolute atomic E-state index is 0.0471. The van der Waals surface area contributed by atoms with E-state index in [4.69, 9.17) is 9.84 Å². The molecule has 3 aromatic carbocycles. The van der Waals surface area contributed by atoms with E-state index in [1.165, 1.54) is 18.2 Å². The lowest BCUT2D eigenvalue weighted by atomic mass is 9.85. The molecule has 1 aliphatic heterocycles. The molecule has 7 rings (SSSR count). The molecule has 0 radical (unpaired) electrons. The van der Waals surface area contributed by atoms with Crippen molar-refractivity contribution in [3.63, 3.8) is 0 Å². The fourth-order valence-electron chi connectivity index (χ4n) is 6.79. The number of ether oxygens (including phenoxy) is 1. The van der Waals surface area contributed by atoms with Gasteiger partial charge in [-0.05, 0) is 71.7 Å². The Morgan fingerprint density at radius 2 is 1.98 bits per heavy atom. The number of carboxylic acid groups (broad SMARTS) is 1. The van der Waals surface area contributed by atoms with Gasteiger partial charge in [-0.1, -0.05) is 44.5 Å². The fraction of sp³-hybridized carbons (Fsp3) is 0.289. The zero-order valence-corrected chi connectivity index (χ0v) is 26.9. The lowest BCUT2D eigenvalue weighted by Gasteiger charge is -2.26. The van der Waals surface area contributed by atoms with Crippen LogP contribution in [0.4, 0.5) is 8.78 Å². The number of nitrogens with zero attached hydrogens (tertiary/aromatic N) is 4. The molecular weight excluding hydrogens is 612 g/mol. The molecule has 0 saturated heterocycles. The van der Waals surface area contributed by atoms with E-state index in [1.807, 2.05) is 58.3 Å². The largest absolute Gasteiger partial charge is 0.481 e. The van der Waals surface area contributed by atoms with E-state index in [1.54, 1.807) is 18.3 Å². The second-order valence-electron chi connectivity index (χ2n) is 13.5. The molecule has 6 aromatic rings. The molecule has 0 spiro atoms. The average Bonchev–Trinajstić information content (AvgIpc) is 3.82. The number of aromatic amines is 1. The number of aryl methyl sites for hydroxylation is 1. The molecule has 3 aromatic heterocycles. The van der Waals surface area contributed by atoms with Gasteiger partial charge in [0.05, 0.1) is 17.9 Å². The van der Waals surface area contributed by atoms with Crippen molar-refractivity contribution in [3.05, 3.63) is 119 Å². The Labute approximate surface area is 277 Å². The highest BCUT2D eigenvalue weighted by atomic mass is 19.1. The molecule has 4 heterocycles. The van der Waals surface area contributed by atoms with Crippen LogP contribution in [0.15, 0.2) is 85.5 Å². The van der Waals surface area contributed by atoms with E-state index in [2.05, 4.69) is 23.9 Å². The summed E-state index contributed by atoms with van der Waals surface area (Å²) in [6, 6.07) is 17.3. The first kappa shape index (κ1) is 31.4. The van der Waals surface area contributed by atoms with Crippen molar-refractivity contribution in [1.29, 1.82) is 0 Å². The highest BCUT2D eigenvalue weighted by Gasteiger charge is 2.24. The number of aliphatic carboxylic acids is 1. The van der Waals surface area contributed by atoms with Crippen molar-refractivity contribution in [1.82, 2.24) is 24.5 Å². The lowest BCUT2D eigenvalue weighted by molar-refractivity contribution is -0.136. The number of nitrogens with one attached hydrogen (secondary N) is 1. The quantitative estimate of drug-likeness (QED) is 0.199. The third-order valence-electron chi connectivity index (χ3n) is 9.18. The summed E-state index contributed by atoms with van der Waals surface area (Å²) in [5, 5.41) is 19.6. The van der Waals surface area contributed by atoms with Crippen molar-refractivity contribution < 1.29 is 23.4 Å². The van der Waals surface area contributed by atoms with Crippen molar-refractivity contribution in [2.24, 2.45) is 5.41 Å². The molecule has 48 heavy (non-hydrogen) atoms. The lowest BCUT2D eigenvalue weighted by Crippen LogP contribution is -2.21. The molecule has 2 N–H and O–H groups in total. The van der Waals surface area contributed by atoms with Crippen molar-refractivity contribution in [2.75, 3.05) is 0 Å². The van der Waals surface area contributed by atoms with Crippen molar-refractivity contribution in [2.45, 2.75) is 65.0 Å². The third kappa shape index (κ3) is 6.60. The molecule has 1 atom stereocenters. The monoisotopic (exact) mass is 649 g/mol. The molecule has 0 amide bonds. The number of carboxylic acids is 1. The molecule has 6 bridgehead atoms. The molecule has 0 fully saturated rings. The Hall–Kier alpha value is -5.25. The molecule has 0 aliphatic carbocycles. The molecule has 1 unspecified atom stereocenters. The van der Waals surface area contributed by atoms with E-state index in [-0.39, 0.29) is 34.9 Å². The van der Waals surface area contributed by atoms with Crippen LogP contribution >= 0.6 is 0 Å². The number of H-pyrrole nitrogens is 1. The first-order valence-electron chi connectivity index (χ1n) is 16.3. The number of hydrogen-bond acceptors (Lipinski definition) is 4. The summed E-state index contributed by atoms with van der Waals surface area (Å²) >= 11 is 0. The zero-order valence-electron chi connectivity index (χ0n) is 26.9. The van der Waals surface area contributed by atoms with E-state index >= 15 is 8.78 Å². The molecule has 1 aliphatic rings. The minimum Gasteiger partial charge on any atom is -0.481 e.